The van der Waals surface area contributed by atoms with Crippen LogP contribution in [0.5, 0.6) is 0 Å². The quantitative estimate of drug-likeness (QED) is 0.620. The van der Waals surface area contributed by atoms with Gasteiger partial charge in [0.2, 0.25) is 0 Å². The van der Waals surface area contributed by atoms with Crippen LogP contribution in [0.1, 0.15) is 34.1 Å². The topological polar surface area (TPSA) is 90.3 Å². The van der Waals surface area contributed by atoms with Crippen LogP contribution in [-0.2, 0) is 18.5 Å². The van der Waals surface area contributed by atoms with E-state index in [2.05, 4.69) is 5.10 Å². The van der Waals surface area contributed by atoms with Crippen molar-refractivity contribution in [1.82, 2.24) is 19.2 Å². The minimum atomic E-state index is -0.601. The van der Waals surface area contributed by atoms with Crippen molar-refractivity contribution in [2.75, 3.05) is 13.1 Å². The maximum atomic E-state index is 12.6. The largest absolute Gasteiger partial charge is 0.459 e. The smallest absolute Gasteiger partial charge is 0.332 e. The molecular formula is C19H18N4O4S. The number of aromatic nitrogens is 3. The first-order valence-electron chi connectivity index (χ1n) is 9.15. The summed E-state index contributed by atoms with van der Waals surface area (Å²) in [5, 5.41) is 6.52. The van der Waals surface area contributed by atoms with Crippen molar-refractivity contribution >= 4 is 17.2 Å². The fourth-order valence-corrected chi connectivity index (χ4v) is 4.90. The summed E-state index contributed by atoms with van der Waals surface area (Å²) >= 11 is 1.52. The standard InChI is InChI=1S/C19H18N4O4S/c24-15(14-4-1-9-27-14)21-7-5-19(12-21)6-8-22-16(25)17(26)23(20-18(19)22)11-13-3-2-10-28-13/h1-4,9-10H,5-8,11-12H2/t19-/m1/s1. The van der Waals surface area contributed by atoms with Gasteiger partial charge in [0.1, 0.15) is 5.82 Å². The van der Waals surface area contributed by atoms with Gasteiger partial charge in [-0.3, -0.25) is 19.0 Å². The number of hydrogen-bond donors (Lipinski definition) is 0. The van der Waals surface area contributed by atoms with Gasteiger partial charge in [-0.1, -0.05) is 6.07 Å². The van der Waals surface area contributed by atoms with Crippen molar-refractivity contribution < 1.29 is 9.21 Å². The molecule has 0 saturated carbocycles. The Kier molecular flexibility index (Phi) is 3.87. The lowest BCUT2D eigenvalue weighted by Gasteiger charge is -2.23. The Morgan fingerprint density at radius 1 is 1.18 bits per heavy atom. The molecule has 8 nitrogen and oxygen atoms in total. The maximum absolute atomic E-state index is 12.6. The summed E-state index contributed by atoms with van der Waals surface area (Å²) < 4.78 is 8.00. The molecular weight excluding hydrogens is 380 g/mol. The van der Waals surface area contributed by atoms with E-state index in [1.807, 2.05) is 17.5 Å². The predicted octanol–water partition coefficient (Wildman–Crippen LogP) is 1.30. The summed E-state index contributed by atoms with van der Waals surface area (Å²) in [5.74, 6) is 0.765. The number of nitrogens with zero attached hydrogens (tertiary/aromatic N) is 4. The molecule has 1 atom stereocenters. The normalized spacial score (nSPS) is 20.8. The molecule has 5 heterocycles. The summed E-state index contributed by atoms with van der Waals surface area (Å²) in [5.41, 5.74) is -1.53. The summed E-state index contributed by atoms with van der Waals surface area (Å²) in [6.45, 7) is 1.78. The number of carbonyl (C=O) groups excluding carboxylic acids is 1. The molecule has 3 aromatic heterocycles. The number of rotatable bonds is 3. The maximum Gasteiger partial charge on any atom is 0.332 e. The highest BCUT2D eigenvalue weighted by atomic mass is 32.1. The van der Waals surface area contributed by atoms with Crippen molar-refractivity contribution in [3.05, 3.63) is 73.1 Å². The lowest BCUT2D eigenvalue weighted by molar-refractivity contribution is 0.0751. The van der Waals surface area contributed by atoms with Gasteiger partial charge in [-0.25, -0.2) is 4.68 Å². The Morgan fingerprint density at radius 3 is 2.79 bits per heavy atom. The summed E-state index contributed by atoms with van der Waals surface area (Å²) in [6, 6.07) is 7.16. The van der Waals surface area contributed by atoms with E-state index in [0.717, 1.165) is 4.88 Å². The van der Waals surface area contributed by atoms with E-state index >= 15 is 0 Å². The Morgan fingerprint density at radius 2 is 2.04 bits per heavy atom. The van der Waals surface area contributed by atoms with E-state index in [9.17, 15) is 14.4 Å². The van der Waals surface area contributed by atoms with Crippen LogP contribution in [0.25, 0.3) is 0 Å². The van der Waals surface area contributed by atoms with E-state index in [4.69, 9.17) is 4.42 Å². The first kappa shape index (κ1) is 17.2. The molecule has 5 rings (SSSR count). The van der Waals surface area contributed by atoms with Gasteiger partial charge in [-0.15, -0.1) is 11.3 Å². The molecule has 0 bridgehead atoms. The molecule has 0 N–H and O–H groups in total. The number of amides is 1. The van der Waals surface area contributed by atoms with Crippen LogP contribution in [-0.4, -0.2) is 38.2 Å². The van der Waals surface area contributed by atoms with Crippen molar-refractivity contribution in [3.63, 3.8) is 0 Å². The molecule has 9 heteroatoms. The van der Waals surface area contributed by atoms with Crippen molar-refractivity contribution in [1.29, 1.82) is 0 Å². The van der Waals surface area contributed by atoms with E-state index < -0.39 is 16.5 Å². The molecule has 2 aliphatic heterocycles. The van der Waals surface area contributed by atoms with Gasteiger partial charge in [0.25, 0.3) is 5.91 Å². The van der Waals surface area contributed by atoms with Crippen LogP contribution >= 0.6 is 11.3 Å². The lowest BCUT2D eigenvalue weighted by atomic mass is 9.85. The Balaban J connectivity index is 1.50. The predicted molar refractivity (Wildman–Crippen MR) is 102 cm³/mol. The minimum Gasteiger partial charge on any atom is -0.459 e. The molecule has 0 aliphatic carbocycles. The number of hydrogen-bond acceptors (Lipinski definition) is 6. The zero-order valence-corrected chi connectivity index (χ0v) is 15.9. The van der Waals surface area contributed by atoms with Crippen LogP contribution in [0.3, 0.4) is 0 Å². The molecule has 0 unspecified atom stereocenters. The second-order valence-electron chi connectivity index (χ2n) is 7.31. The fraction of sp³-hybridized carbons (Fsp3) is 0.368. The molecule has 1 fully saturated rings. The monoisotopic (exact) mass is 398 g/mol. The van der Waals surface area contributed by atoms with E-state index in [-0.39, 0.29) is 12.5 Å². The third kappa shape index (κ3) is 2.57. The van der Waals surface area contributed by atoms with Gasteiger partial charge in [0, 0.05) is 24.5 Å². The number of carbonyl (C=O) groups is 1. The SMILES string of the molecule is O=C(c1ccco1)N1CC[C@@]2(CCn3c2nn(Cc2cccs2)c(=O)c3=O)C1. The Hall–Kier alpha value is -2.94. The summed E-state index contributed by atoms with van der Waals surface area (Å²) in [6.07, 6.45) is 2.89. The summed E-state index contributed by atoms with van der Waals surface area (Å²) in [4.78, 5) is 40.5. The first-order chi connectivity index (χ1) is 13.6. The third-order valence-corrected chi connectivity index (χ3v) is 6.54. The van der Waals surface area contributed by atoms with Crippen molar-refractivity contribution in [3.8, 4) is 0 Å². The Labute approximate surface area is 163 Å². The molecule has 144 valence electrons. The summed E-state index contributed by atoms with van der Waals surface area (Å²) in [7, 11) is 0. The van der Waals surface area contributed by atoms with Crippen LogP contribution in [0.15, 0.2) is 49.9 Å². The van der Waals surface area contributed by atoms with Gasteiger partial charge in [-0.2, -0.15) is 5.10 Å². The van der Waals surface area contributed by atoms with Crippen LogP contribution in [0.2, 0.25) is 0 Å². The average molecular weight is 398 g/mol. The Bertz CT molecular complexity index is 1150. The number of furan rings is 1. The van der Waals surface area contributed by atoms with Crippen LogP contribution in [0.4, 0.5) is 0 Å². The minimum absolute atomic E-state index is 0.158. The number of fused-ring (bicyclic) bond motifs is 2. The second kappa shape index (κ2) is 6.30. The van der Waals surface area contributed by atoms with Crippen LogP contribution in [0, 0.1) is 0 Å². The molecule has 1 spiro atoms. The second-order valence-corrected chi connectivity index (χ2v) is 8.34. The molecule has 0 radical (unpaired) electrons. The van der Waals surface area contributed by atoms with Crippen molar-refractivity contribution in [2.45, 2.75) is 31.3 Å². The highest BCUT2D eigenvalue weighted by Crippen LogP contribution is 2.40. The molecule has 1 saturated heterocycles. The lowest BCUT2D eigenvalue weighted by Crippen LogP contribution is -2.45. The number of thiophene rings is 1. The highest BCUT2D eigenvalue weighted by molar-refractivity contribution is 7.09. The molecule has 28 heavy (non-hydrogen) atoms. The zero-order valence-electron chi connectivity index (χ0n) is 15.0. The third-order valence-electron chi connectivity index (χ3n) is 5.68. The van der Waals surface area contributed by atoms with Gasteiger partial charge in [0.05, 0.1) is 18.2 Å². The fourth-order valence-electron chi connectivity index (χ4n) is 4.22. The molecule has 2 aliphatic rings. The van der Waals surface area contributed by atoms with E-state index in [1.54, 1.807) is 17.0 Å². The van der Waals surface area contributed by atoms with E-state index in [1.165, 1.54) is 26.8 Å². The van der Waals surface area contributed by atoms with Crippen molar-refractivity contribution in [2.24, 2.45) is 0 Å². The van der Waals surface area contributed by atoms with E-state index in [0.29, 0.717) is 44.1 Å². The zero-order chi connectivity index (χ0) is 19.3. The van der Waals surface area contributed by atoms with Gasteiger partial charge in [-0.05, 0) is 36.4 Å². The number of likely N-dealkylation sites (tertiary alicyclic amines) is 1. The molecule has 3 aromatic rings. The first-order valence-corrected chi connectivity index (χ1v) is 10.0. The highest BCUT2D eigenvalue weighted by Gasteiger charge is 2.48. The van der Waals surface area contributed by atoms with Gasteiger partial charge >= 0.3 is 11.1 Å². The van der Waals surface area contributed by atoms with Gasteiger partial charge in [0.15, 0.2) is 5.76 Å². The molecule has 0 aromatic carbocycles. The molecule has 1 amide bonds. The van der Waals surface area contributed by atoms with Gasteiger partial charge < -0.3 is 9.32 Å². The van der Waals surface area contributed by atoms with Crippen LogP contribution < -0.4 is 11.1 Å². The average Bonchev–Trinajstić information content (AvgIpc) is 3.49.